The van der Waals surface area contributed by atoms with Gasteiger partial charge in [-0.1, -0.05) is 30.3 Å². The lowest BCUT2D eigenvalue weighted by Gasteiger charge is -2.26. The summed E-state index contributed by atoms with van der Waals surface area (Å²) in [5, 5.41) is 18.7. The SMILES string of the molecule is CCOC(=O)[C@]1(C)O[C@H](c2ccccc2)OC1(C#N)C#N. The highest BCUT2D eigenvalue weighted by molar-refractivity contribution is 5.83. The second kappa shape index (κ2) is 5.53. The molecule has 1 heterocycles. The largest absolute Gasteiger partial charge is 0.464 e. The van der Waals surface area contributed by atoms with Gasteiger partial charge in [-0.05, 0) is 13.8 Å². The summed E-state index contributed by atoms with van der Waals surface area (Å²) in [4.78, 5) is 12.1. The van der Waals surface area contributed by atoms with Crippen LogP contribution < -0.4 is 0 Å². The van der Waals surface area contributed by atoms with E-state index in [1.54, 1.807) is 43.3 Å². The maximum Gasteiger partial charge on any atom is 0.343 e. The van der Waals surface area contributed by atoms with Gasteiger partial charge in [-0.2, -0.15) is 10.5 Å². The molecule has 1 saturated heterocycles. The molecule has 0 aromatic heterocycles. The molecular formula is C15H14N2O4. The molecule has 2 atom stereocenters. The van der Waals surface area contributed by atoms with Gasteiger partial charge in [-0.3, -0.25) is 0 Å². The van der Waals surface area contributed by atoms with Crippen LogP contribution in [-0.2, 0) is 19.0 Å². The number of esters is 1. The fourth-order valence-electron chi connectivity index (χ4n) is 2.09. The molecule has 1 aliphatic rings. The fraction of sp³-hybridized carbons (Fsp3) is 0.400. The quantitative estimate of drug-likeness (QED) is 0.787. The molecule has 1 fully saturated rings. The number of benzene rings is 1. The number of carbonyl (C=O) groups is 1. The maximum atomic E-state index is 12.1. The van der Waals surface area contributed by atoms with Gasteiger partial charge in [-0.15, -0.1) is 0 Å². The second-order valence-electron chi connectivity index (χ2n) is 4.64. The molecule has 0 unspecified atom stereocenters. The minimum atomic E-state index is -2.06. The van der Waals surface area contributed by atoms with Gasteiger partial charge in [0.2, 0.25) is 5.60 Å². The van der Waals surface area contributed by atoms with Crippen LogP contribution in [0.1, 0.15) is 25.7 Å². The van der Waals surface area contributed by atoms with E-state index in [-0.39, 0.29) is 6.61 Å². The van der Waals surface area contributed by atoms with Gasteiger partial charge < -0.3 is 14.2 Å². The van der Waals surface area contributed by atoms with E-state index in [9.17, 15) is 15.3 Å². The van der Waals surface area contributed by atoms with Crippen LogP contribution in [0.3, 0.4) is 0 Å². The summed E-state index contributed by atoms with van der Waals surface area (Å²) in [6.45, 7) is 3.08. The topological polar surface area (TPSA) is 92.3 Å². The van der Waals surface area contributed by atoms with Crippen molar-refractivity contribution in [3.63, 3.8) is 0 Å². The lowest BCUT2D eigenvalue weighted by atomic mass is 9.87. The molecule has 1 aromatic carbocycles. The molecule has 0 aliphatic carbocycles. The van der Waals surface area contributed by atoms with Crippen LogP contribution in [-0.4, -0.2) is 23.8 Å². The minimum absolute atomic E-state index is 0.112. The van der Waals surface area contributed by atoms with Crippen molar-refractivity contribution >= 4 is 5.97 Å². The average molecular weight is 286 g/mol. The van der Waals surface area contributed by atoms with Gasteiger partial charge in [0.15, 0.2) is 6.29 Å². The van der Waals surface area contributed by atoms with E-state index in [0.717, 1.165) is 0 Å². The monoisotopic (exact) mass is 286 g/mol. The van der Waals surface area contributed by atoms with E-state index >= 15 is 0 Å². The Bertz CT molecular complexity index is 603. The predicted molar refractivity (Wildman–Crippen MR) is 70.3 cm³/mol. The average Bonchev–Trinajstić information content (AvgIpc) is 2.83. The fourth-order valence-corrected chi connectivity index (χ4v) is 2.09. The summed E-state index contributed by atoms with van der Waals surface area (Å²) < 4.78 is 16.0. The van der Waals surface area contributed by atoms with Crippen molar-refractivity contribution in [1.29, 1.82) is 10.5 Å². The van der Waals surface area contributed by atoms with Gasteiger partial charge >= 0.3 is 5.97 Å². The second-order valence-corrected chi connectivity index (χ2v) is 4.64. The Morgan fingerprint density at radius 1 is 1.29 bits per heavy atom. The first-order chi connectivity index (χ1) is 10.0. The lowest BCUT2D eigenvalue weighted by Crippen LogP contribution is -2.54. The van der Waals surface area contributed by atoms with Crippen molar-refractivity contribution in [2.45, 2.75) is 31.3 Å². The molecule has 21 heavy (non-hydrogen) atoms. The van der Waals surface area contributed by atoms with Crippen molar-refractivity contribution < 1.29 is 19.0 Å². The van der Waals surface area contributed by atoms with E-state index in [4.69, 9.17) is 14.2 Å². The third-order valence-corrected chi connectivity index (χ3v) is 3.35. The molecule has 6 heteroatoms. The van der Waals surface area contributed by atoms with Crippen LogP contribution in [0.5, 0.6) is 0 Å². The van der Waals surface area contributed by atoms with E-state index < -0.39 is 23.5 Å². The van der Waals surface area contributed by atoms with Gasteiger partial charge in [0, 0.05) is 5.56 Å². The Kier molecular flexibility index (Phi) is 3.95. The number of carbonyl (C=O) groups excluding carboxylic acids is 1. The van der Waals surface area contributed by atoms with Crippen LogP contribution in [0.2, 0.25) is 0 Å². The Balaban J connectivity index is 2.43. The number of hydrogen-bond donors (Lipinski definition) is 0. The molecule has 0 spiro atoms. The number of nitrogens with zero attached hydrogens (tertiary/aromatic N) is 2. The van der Waals surface area contributed by atoms with Crippen LogP contribution in [0.4, 0.5) is 0 Å². The number of nitriles is 2. The smallest absolute Gasteiger partial charge is 0.343 e. The van der Waals surface area contributed by atoms with Crippen molar-refractivity contribution in [3.8, 4) is 12.1 Å². The molecule has 0 radical (unpaired) electrons. The van der Waals surface area contributed by atoms with Crippen LogP contribution in [0.25, 0.3) is 0 Å². The molecule has 0 bridgehead atoms. The molecule has 1 aliphatic heterocycles. The minimum Gasteiger partial charge on any atom is -0.464 e. The van der Waals surface area contributed by atoms with Gasteiger partial charge in [0.1, 0.15) is 12.1 Å². The van der Waals surface area contributed by atoms with Crippen LogP contribution in [0.15, 0.2) is 30.3 Å². The number of ether oxygens (including phenoxy) is 3. The summed E-state index contributed by atoms with van der Waals surface area (Å²) in [5.74, 6) is -0.800. The highest BCUT2D eigenvalue weighted by atomic mass is 16.8. The van der Waals surface area contributed by atoms with Gasteiger partial charge in [-0.25, -0.2) is 4.79 Å². The number of hydrogen-bond acceptors (Lipinski definition) is 6. The van der Waals surface area contributed by atoms with E-state index in [2.05, 4.69) is 0 Å². The standard InChI is InChI=1S/C15H14N2O4/c1-3-19-13(18)14(2)15(9-16,10-17)21-12(20-14)11-7-5-4-6-8-11/h4-8,12H,3H2,1-2H3/t12-,14-/m0/s1. The first-order valence-corrected chi connectivity index (χ1v) is 6.43. The third kappa shape index (κ3) is 2.25. The Hall–Kier alpha value is -2.41. The van der Waals surface area contributed by atoms with E-state index in [1.807, 2.05) is 6.07 Å². The van der Waals surface area contributed by atoms with Crippen molar-refractivity contribution in [2.24, 2.45) is 0 Å². The van der Waals surface area contributed by atoms with Gasteiger partial charge in [0.05, 0.1) is 6.61 Å². The Labute approximate surface area is 122 Å². The molecule has 108 valence electrons. The summed E-state index contributed by atoms with van der Waals surface area (Å²) in [5.41, 5.74) is -3.26. The molecule has 0 N–H and O–H groups in total. The van der Waals surface area contributed by atoms with Crippen molar-refractivity contribution in [3.05, 3.63) is 35.9 Å². The normalized spacial score (nSPS) is 26.6. The highest BCUT2D eigenvalue weighted by Crippen LogP contribution is 2.45. The molecule has 2 rings (SSSR count). The highest BCUT2D eigenvalue weighted by Gasteiger charge is 2.66. The maximum absolute atomic E-state index is 12.1. The third-order valence-electron chi connectivity index (χ3n) is 3.35. The molecule has 6 nitrogen and oxygen atoms in total. The first-order valence-electron chi connectivity index (χ1n) is 6.43. The summed E-state index contributed by atoms with van der Waals surface area (Å²) in [6, 6.07) is 12.3. The van der Waals surface area contributed by atoms with Crippen LogP contribution >= 0.6 is 0 Å². The summed E-state index contributed by atoms with van der Waals surface area (Å²) in [6.07, 6.45) is -0.986. The Morgan fingerprint density at radius 3 is 2.43 bits per heavy atom. The zero-order chi connectivity index (χ0) is 15.5. The lowest BCUT2D eigenvalue weighted by molar-refractivity contribution is -0.171. The zero-order valence-electron chi connectivity index (χ0n) is 11.7. The van der Waals surface area contributed by atoms with Gasteiger partial charge in [0.25, 0.3) is 5.60 Å². The Morgan fingerprint density at radius 2 is 1.90 bits per heavy atom. The summed E-state index contributed by atoms with van der Waals surface area (Å²) >= 11 is 0. The van der Waals surface area contributed by atoms with E-state index in [0.29, 0.717) is 5.56 Å². The zero-order valence-corrected chi connectivity index (χ0v) is 11.7. The predicted octanol–water partition coefficient (Wildman–Crippen LogP) is 1.84. The van der Waals surface area contributed by atoms with Crippen molar-refractivity contribution in [2.75, 3.05) is 6.61 Å². The molecule has 0 amide bonds. The molecule has 1 aromatic rings. The molecular weight excluding hydrogens is 272 g/mol. The van der Waals surface area contributed by atoms with Crippen molar-refractivity contribution in [1.82, 2.24) is 0 Å². The number of rotatable bonds is 3. The van der Waals surface area contributed by atoms with E-state index in [1.165, 1.54) is 6.92 Å². The molecule has 0 saturated carbocycles. The summed E-state index contributed by atoms with van der Waals surface area (Å²) in [7, 11) is 0. The van der Waals surface area contributed by atoms with Crippen LogP contribution in [0, 0.1) is 22.7 Å². The first kappa shape index (κ1) is 15.0.